The van der Waals surface area contributed by atoms with Crippen LogP contribution in [-0.4, -0.2) is 11.5 Å². The minimum atomic E-state index is 0.403. The van der Waals surface area contributed by atoms with Crippen molar-refractivity contribution in [2.24, 2.45) is 0 Å². The van der Waals surface area contributed by atoms with Gasteiger partial charge in [0.2, 0.25) is 0 Å². The number of rotatable bonds is 6. The van der Waals surface area contributed by atoms with Gasteiger partial charge >= 0.3 is 0 Å². The van der Waals surface area contributed by atoms with E-state index < -0.39 is 0 Å². The zero-order valence-electron chi connectivity index (χ0n) is 11.0. The van der Waals surface area contributed by atoms with Crippen LogP contribution in [-0.2, 0) is 0 Å². The summed E-state index contributed by atoms with van der Waals surface area (Å²) in [7, 11) is 0. The van der Waals surface area contributed by atoms with Gasteiger partial charge in [0.15, 0.2) is 0 Å². The van der Waals surface area contributed by atoms with E-state index in [2.05, 4.69) is 54.5 Å². The summed E-state index contributed by atoms with van der Waals surface area (Å²) >= 11 is 1.71. The van der Waals surface area contributed by atoms with Gasteiger partial charge in [-0.05, 0) is 31.4 Å². The van der Waals surface area contributed by atoms with Crippen molar-refractivity contribution >= 4 is 11.3 Å². The largest absolute Gasteiger partial charge is 0.309 e. The molecule has 0 radical (unpaired) electrons. The lowest BCUT2D eigenvalue weighted by Crippen LogP contribution is -2.20. The molecule has 2 rings (SSSR count). The molecule has 1 N–H and O–H groups in total. The van der Waals surface area contributed by atoms with Crippen molar-refractivity contribution in [3.05, 3.63) is 52.5 Å². The Morgan fingerprint density at radius 1 is 1.22 bits per heavy atom. The zero-order chi connectivity index (χ0) is 12.8. The van der Waals surface area contributed by atoms with Crippen molar-refractivity contribution in [3.63, 3.8) is 0 Å². The van der Waals surface area contributed by atoms with E-state index in [1.165, 1.54) is 10.4 Å². The highest BCUT2D eigenvalue weighted by Gasteiger charge is 2.08. The van der Waals surface area contributed by atoms with Gasteiger partial charge in [0.25, 0.3) is 0 Å². The molecule has 2 atom stereocenters. The number of aromatic nitrogens is 1. The highest BCUT2D eigenvalue weighted by atomic mass is 32.1. The summed E-state index contributed by atoms with van der Waals surface area (Å²) in [5, 5.41) is 3.56. The lowest BCUT2D eigenvalue weighted by Gasteiger charge is -2.15. The second kappa shape index (κ2) is 6.66. The number of thiazole rings is 1. The maximum atomic E-state index is 4.11. The van der Waals surface area contributed by atoms with E-state index in [4.69, 9.17) is 0 Å². The number of hydrogen-bond acceptors (Lipinski definition) is 3. The normalized spacial score (nSPS) is 14.3. The van der Waals surface area contributed by atoms with Gasteiger partial charge in [0, 0.05) is 17.1 Å². The molecule has 0 saturated heterocycles. The highest BCUT2D eigenvalue weighted by molar-refractivity contribution is 7.09. The van der Waals surface area contributed by atoms with Gasteiger partial charge in [0.1, 0.15) is 0 Å². The Hall–Kier alpha value is -1.19. The predicted molar refractivity (Wildman–Crippen MR) is 78.0 cm³/mol. The SMILES string of the molecule is CC(CCNC(C)c1cncs1)c1ccccc1. The van der Waals surface area contributed by atoms with Crippen LogP contribution in [0, 0.1) is 0 Å². The van der Waals surface area contributed by atoms with Gasteiger partial charge in [-0.15, -0.1) is 11.3 Å². The summed E-state index contributed by atoms with van der Waals surface area (Å²) in [6.07, 6.45) is 3.11. The fourth-order valence-electron chi connectivity index (χ4n) is 2.00. The first-order chi connectivity index (χ1) is 8.77. The van der Waals surface area contributed by atoms with Crippen molar-refractivity contribution in [1.29, 1.82) is 0 Å². The van der Waals surface area contributed by atoms with Crippen LogP contribution < -0.4 is 5.32 Å². The van der Waals surface area contributed by atoms with Crippen LogP contribution in [0.25, 0.3) is 0 Å². The molecule has 1 heterocycles. The Morgan fingerprint density at radius 3 is 2.67 bits per heavy atom. The van der Waals surface area contributed by atoms with Crippen LogP contribution >= 0.6 is 11.3 Å². The minimum absolute atomic E-state index is 0.403. The van der Waals surface area contributed by atoms with Gasteiger partial charge in [-0.25, -0.2) is 0 Å². The molecule has 1 aromatic heterocycles. The Balaban J connectivity index is 1.76. The molecule has 18 heavy (non-hydrogen) atoms. The van der Waals surface area contributed by atoms with Crippen LogP contribution in [0.4, 0.5) is 0 Å². The van der Waals surface area contributed by atoms with E-state index in [1.54, 1.807) is 11.3 Å². The smallest absolute Gasteiger partial charge is 0.0794 e. The molecule has 0 aliphatic rings. The fraction of sp³-hybridized carbons (Fsp3) is 0.400. The third-order valence-electron chi connectivity index (χ3n) is 3.27. The van der Waals surface area contributed by atoms with Crippen LogP contribution in [0.1, 0.15) is 42.7 Å². The quantitative estimate of drug-likeness (QED) is 0.849. The van der Waals surface area contributed by atoms with E-state index in [0.717, 1.165) is 13.0 Å². The predicted octanol–water partition coefficient (Wildman–Crippen LogP) is 3.99. The van der Waals surface area contributed by atoms with Gasteiger partial charge in [0.05, 0.1) is 5.51 Å². The molecule has 0 saturated carbocycles. The molecule has 2 unspecified atom stereocenters. The summed E-state index contributed by atoms with van der Waals surface area (Å²) in [6.45, 7) is 5.52. The first-order valence-corrected chi connectivity index (χ1v) is 7.32. The van der Waals surface area contributed by atoms with Crippen LogP contribution in [0.2, 0.25) is 0 Å². The van der Waals surface area contributed by atoms with Gasteiger partial charge < -0.3 is 5.32 Å². The molecule has 0 aliphatic carbocycles. The summed E-state index contributed by atoms with van der Waals surface area (Å²) in [5.41, 5.74) is 3.31. The van der Waals surface area contributed by atoms with E-state index in [1.807, 2.05) is 11.7 Å². The van der Waals surface area contributed by atoms with Gasteiger partial charge in [-0.3, -0.25) is 4.98 Å². The Kier molecular flexibility index (Phi) is 4.90. The number of nitrogens with one attached hydrogen (secondary N) is 1. The first-order valence-electron chi connectivity index (χ1n) is 6.44. The maximum Gasteiger partial charge on any atom is 0.0794 e. The fourth-order valence-corrected chi connectivity index (χ4v) is 2.66. The second-order valence-electron chi connectivity index (χ2n) is 4.68. The van der Waals surface area contributed by atoms with Crippen LogP contribution in [0.3, 0.4) is 0 Å². The highest BCUT2D eigenvalue weighted by Crippen LogP contribution is 2.19. The van der Waals surface area contributed by atoms with Gasteiger partial charge in [-0.1, -0.05) is 37.3 Å². The van der Waals surface area contributed by atoms with Crippen LogP contribution in [0.15, 0.2) is 42.0 Å². The lowest BCUT2D eigenvalue weighted by atomic mass is 9.98. The third-order valence-corrected chi connectivity index (χ3v) is 4.23. The van der Waals surface area contributed by atoms with Crippen molar-refractivity contribution in [1.82, 2.24) is 10.3 Å². The molecule has 0 bridgehead atoms. The Morgan fingerprint density at radius 2 is 2.00 bits per heavy atom. The molecule has 2 nitrogen and oxygen atoms in total. The minimum Gasteiger partial charge on any atom is -0.309 e. The maximum absolute atomic E-state index is 4.11. The second-order valence-corrected chi connectivity index (χ2v) is 5.60. The third kappa shape index (κ3) is 3.65. The average Bonchev–Trinajstić information content (AvgIpc) is 2.93. The van der Waals surface area contributed by atoms with Crippen molar-refractivity contribution < 1.29 is 0 Å². The molecule has 96 valence electrons. The molecule has 0 fully saturated rings. The standard InChI is InChI=1S/C15H20N2S/c1-12(14-6-4-3-5-7-14)8-9-17-13(2)15-10-16-11-18-15/h3-7,10-13,17H,8-9H2,1-2H3. The Labute approximate surface area is 113 Å². The van der Waals surface area contributed by atoms with Crippen molar-refractivity contribution in [3.8, 4) is 0 Å². The number of hydrogen-bond donors (Lipinski definition) is 1. The van der Waals surface area contributed by atoms with E-state index in [9.17, 15) is 0 Å². The average molecular weight is 260 g/mol. The number of nitrogens with zero attached hydrogens (tertiary/aromatic N) is 1. The topological polar surface area (TPSA) is 24.9 Å². The monoisotopic (exact) mass is 260 g/mol. The van der Waals surface area contributed by atoms with Crippen molar-refractivity contribution in [2.75, 3.05) is 6.54 Å². The van der Waals surface area contributed by atoms with Crippen molar-refractivity contribution in [2.45, 2.75) is 32.2 Å². The van der Waals surface area contributed by atoms with E-state index >= 15 is 0 Å². The molecule has 1 aromatic carbocycles. The van der Waals surface area contributed by atoms with E-state index in [-0.39, 0.29) is 0 Å². The molecule has 3 heteroatoms. The Bertz CT molecular complexity index is 439. The first kappa shape index (κ1) is 13.2. The molecule has 0 spiro atoms. The molecular formula is C15H20N2S. The molecule has 0 amide bonds. The molecule has 2 aromatic rings. The molecular weight excluding hydrogens is 240 g/mol. The summed E-state index contributed by atoms with van der Waals surface area (Å²) in [5.74, 6) is 0.604. The number of benzene rings is 1. The zero-order valence-corrected chi connectivity index (χ0v) is 11.8. The van der Waals surface area contributed by atoms with Gasteiger partial charge in [-0.2, -0.15) is 0 Å². The molecule has 0 aliphatic heterocycles. The van der Waals surface area contributed by atoms with E-state index in [0.29, 0.717) is 12.0 Å². The summed E-state index contributed by atoms with van der Waals surface area (Å²) < 4.78 is 0. The summed E-state index contributed by atoms with van der Waals surface area (Å²) in [6, 6.07) is 11.1. The van der Waals surface area contributed by atoms with Crippen LogP contribution in [0.5, 0.6) is 0 Å². The lowest BCUT2D eigenvalue weighted by molar-refractivity contribution is 0.536. The summed E-state index contributed by atoms with van der Waals surface area (Å²) in [4.78, 5) is 5.42.